The van der Waals surface area contributed by atoms with Crippen LogP contribution in [-0.4, -0.2) is 23.6 Å². The number of benzene rings is 3. The molecule has 1 saturated heterocycles. The minimum absolute atomic E-state index is 0.0492. The zero-order valence-corrected chi connectivity index (χ0v) is 21.0. The molecule has 5 nitrogen and oxygen atoms in total. The average molecular weight is 525 g/mol. The lowest BCUT2D eigenvalue weighted by Crippen LogP contribution is -2.50. The molecule has 0 radical (unpaired) electrons. The first kappa shape index (κ1) is 24.3. The molecule has 0 saturated carbocycles. The first-order chi connectivity index (χ1) is 17.8. The number of aliphatic hydroxyl groups is 1. The summed E-state index contributed by atoms with van der Waals surface area (Å²) in [5.74, 6) is -2.59. The molecule has 0 unspecified atom stereocenters. The summed E-state index contributed by atoms with van der Waals surface area (Å²) < 4.78 is 38.3. The van der Waals surface area contributed by atoms with E-state index < -0.39 is 35.2 Å². The maximum Gasteiger partial charge on any atom is 0.249 e. The summed E-state index contributed by atoms with van der Waals surface area (Å²) in [6.45, 7) is 2.78. The molecule has 0 bridgehead atoms. The van der Waals surface area contributed by atoms with Crippen LogP contribution < -0.4 is 15.8 Å². The van der Waals surface area contributed by atoms with Gasteiger partial charge in [-0.3, -0.25) is 4.79 Å². The Morgan fingerprint density at radius 1 is 1.16 bits per heavy atom. The van der Waals surface area contributed by atoms with Crippen LogP contribution in [0.3, 0.4) is 0 Å². The fourth-order valence-electron chi connectivity index (χ4n) is 6.65. The minimum Gasteiger partial charge on any atom is -0.480 e. The Morgan fingerprint density at radius 2 is 1.92 bits per heavy atom. The molecule has 2 aliphatic heterocycles. The summed E-state index contributed by atoms with van der Waals surface area (Å²) in [5, 5.41) is 13.7. The number of carbonyl (C=O) groups excluding carboxylic acids is 1. The second-order valence-corrected chi connectivity index (χ2v) is 10.6. The highest BCUT2D eigenvalue weighted by atomic mass is 35.5. The summed E-state index contributed by atoms with van der Waals surface area (Å²) in [6, 6.07) is 12.4. The Balaban J connectivity index is 1.65. The van der Waals surface area contributed by atoms with Crippen molar-refractivity contribution in [3.8, 4) is 16.9 Å². The van der Waals surface area contributed by atoms with E-state index in [1.54, 1.807) is 0 Å². The van der Waals surface area contributed by atoms with E-state index >= 15 is 8.78 Å². The van der Waals surface area contributed by atoms with Crippen molar-refractivity contribution < 1.29 is 23.4 Å². The van der Waals surface area contributed by atoms with Gasteiger partial charge in [-0.05, 0) is 49.4 Å². The highest BCUT2D eigenvalue weighted by molar-refractivity contribution is 6.34. The van der Waals surface area contributed by atoms with Crippen LogP contribution in [0, 0.1) is 11.6 Å². The molecular formula is C29H27ClF2N2O3. The van der Waals surface area contributed by atoms with Crippen molar-refractivity contribution in [2.75, 3.05) is 6.54 Å². The quantitative estimate of drug-likeness (QED) is 0.420. The Labute approximate surface area is 218 Å². The second kappa shape index (κ2) is 8.79. The highest BCUT2D eigenvalue weighted by Crippen LogP contribution is 2.58. The van der Waals surface area contributed by atoms with Gasteiger partial charge in [-0.25, -0.2) is 8.78 Å². The van der Waals surface area contributed by atoms with Crippen LogP contribution in [0.15, 0.2) is 42.5 Å². The van der Waals surface area contributed by atoms with E-state index in [4.69, 9.17) is 22.1 Å². The molecule has 3 aromatic rings. The van der Waals surface area contributed by atoms with Gasteiger partial charge in [0.1, 0.15) is 17.4 Å². The molecule has 1 amide bonds. The van der Waals surface area contributed by atoms with Crippen molar-refractivity contribution in [1.82, 2.24) is 5.32 Å². The molecule has 192 valence electrons. The fraction of sp³-hybridized carbons (Fsp3) is 0.345. The van der Waals surface area contributed by atoms with E-state index in [9.17, 15) is 9.90 Å². The number of primary amides is 1. The molecule has 6 rings (SSSR count). The van der Waals surface area contributed by atoms with Gasteiger partial charge < -0.3 is 20.9 Å². The van der Waals surface area contributed by atoms with Gasteiger partial charge in [-0.2, -0.15) is 0 Å². The number of aliphatic hydroxyl groups excluding tert-OH is 1. The second-order valence-electron chi connectivity index (χ2n) is 10.2. The number of amides is 1. The zero-order chi connectivity index (χ0) is 26.1. The molecule has 2 heterocycles. The van der Waals surface area contributed by atoms with E-state index in [2.05, 4.69) is 5.32 Å². The number of aryl methyl sites for hydroxylation is 1. The van der Waals surface area contributed by atoms with Gasteiger partial charge in [0.2, 0.25) is 5.91 Å². The van der Waals surface area contributed by atoms with Crippen LogP contribution in [0.1, 0.15) is 70.8 Å². The average Bonchev–Trinajstić information content (AvgIpc) is 3.61. The van der Waals surface area contributed by atoms with Gasteiger partial charge in [0, 0.05) is 34.2 Å². The number of nitrogens with two attached hydrogens (primary N) is 1. The summed E-state index contributed by atoms with van der Waals surface area (Å²) in [6.07, 6.45) is 1.50. The smallest absolute Gasteiger partial charge is 0.249 e. The van der Waals surface area contributed by atoms with Crippen molar-refractivity contribution in [2.45, 2.75) is 56.3 Å². The third kappa shape index (κ3) is 3.44. The van der Waals surface area contributed by atoms with Crippen LogP contribution >= 0.6 is 11.6 Å². The maximum atomic E-state index is 16.3. The summed E-state index contributed by atoms with van der Waals surface area (Å²) in [7, 11) is 0. The molecule has 37 heavy (non-hydrogen) atoms. The van der Waals surface area contributed by atoms with Gasteiger partial charge in [-0.1, -0.05) is 48.9 Å². The number of hydrogen-bond acceptors (Lipinski definition) is 4. The fourth-order valence-corrected chi connectivity index (χ4v) is 6.90. The number of hydrogen-bond donors (Lipinski definition) is 3. The number of carbonyl (C=O) groups is 1. The van der Waals surface area contributed by atoms with E-state index in [-0.39, 0.29) is 39.1 Å². The monoisotopic (exact) mass is 524 g/mol. The van der Waals surface area contributed by atoms with E-state index in [0.29, 0.717) is 24.0 Å². The first-order valence-electron chi connectivity index (χ1n) is 12.6. The lowest BCUT2D eigenvalue weighted by molar-refractivity contribution is 0.0333. The van der Waals surface area contributed by atoms with E-state index in [0.717, 1.165) is 24.9 Å². The largest absolute Gasteiger partial charge is 0.480 e. The third-order valence-corrected chi connectivity index (χ3v) is 8.68. The molecule has 0 spiro atoms. The van der Waals surface area contributed by atoms with Crippen LogP contribution in [-0.2, 0) is 12.0 Å². The van der Waals surface area contributed by atoms with Gasteiger partial charge in [0.25, 0.3) is 0 Å². The van der Waals surface area contributed by atoms with Gasteiger partial charge in [0.15, 0.2) is 5.60 Å². The Kier molecular flexibility index (Phi) is 5.78. The standard InChI is InChI=1S/C29H27ClF2N2O3/c1-14-22-20(37-29(14,21-8-5-11-34-21)16-6-3-2-4-7-16)13-18(31)26(30)25(22)24-17(28(33)36)12-15-9-10-19(35)23(15)27(24)32/h2-4,6-7,12-14,19,21,34-35H,5,8-11H2,1H3,(H2,33,36)/t14-,19+,21-,29-/m0/s1. The predicted octanol–water partition coefficient (Wildman–Crippen LogP) is 5.51. The van der Waals surface area contributed by atoms with Crippen molar-refractivity contribution in [2.24, 2.45) is 5.73 Å². The lowest BCUT2D eigenvalue weighted by Gasteiger charge is -2.39. The Morgan fingerprint density at radius 3 is 2.59 bits per heavy atom. The van der Waals surface area contributed by atoms with Crippen molar-refractivity contribution in [1.29, 1.82) is 0 Å². The molecule has 0 aromatic heterocycles. The summed E-state index contributed by atoms with van der Waals surface area (Å²) in [5.41, 5.74) is 6.61. The van der Waals surface area contributed by atoms with Crippen molar-refractivity contribution in [3.05, 3.63) is 86.9 Å². The van der Waals surface area contributed by atoms with Crippen molar-refractivity contribution >= 4 is 17.5 Å². The number of rotatable bonds is 4. The molecule has 4 atom stereocenters. The molecular weight excluding hydrogens is 498 g/mol. The highest BCUT2D eigenvalue weighted by Gasteiger charge is 2.55. The number of halogens is 3. The van der Waals surface area contributed by atoms with Crippen LogP contribution in [0.2, 0.25) is 5.02 Å². The van der Waals surface area contributed by atoms with Crippen LogP contribution in [0.4, 0.5) is 8.78 Å². The molecule has 4 N–H and O–H groups in total. The van der Waals surface area contributed by atoms with Gasteiger partial charge >= 0.3 is 0 Å². The molecule has 3 aliphatic rings. The maximum absolute atomic E-state index is 16.3. The Bertz CT molecular complexity index is 1420. The third-order valence-electron chi connectivity index (χ3n) is 8.31. The summed E-state index contributed by atoms with van der Waals surface area (Å²) >= 11 is 6.58. The SMILES string of the molecule is C[C@H]1c2c(cc(F)c(Cl)c2-c2c(C(N)=O)cc3c(c2F)[C@H](O)CC3)O[C@@]1(c1ccccc1)[C@@H]1CCCN1. The molecule has 1 aliphatic carbocycles. The number of ether oxygens (including phenoxy) is 1. The molecule has 8 heteroatoms. The lowest BCUT2D eigenvalue weighted by atomic mass is 9.73. The van der Waals surface area contributed by atoms with Crippen molar-refractivity contribution in [3.63, 3.8) is 0 Å². The van der Waals surface area contributed by atoms with Gasteiger partial charge in [0.05, 0.1) is 22.7 Å². The zero-order valence-electron chi connectivity index (χ0n) is 20.3. The minimum atomic E-state index is -1.03. The topological polar surface area (TPSA) is 84.6 Å². The molecule has 1 fully saturated rings. The van der Waals surface area contributed by atoms with E-state index in [1.165, 1.54) is 12.1 Å². The number of fused-ring (bicyclic) bond motifs is 2. The normalized spacial score (nSPS) is 26.1. The predicted molar refractivity (Wildman–Crippen MR) is 137 cm³/mol. The van der Waals surface area contributed by atoms with Crippen LogP contribution in [0.5, 0.6) is 5.75 Å². The van der Waals surface area contributed by atoms with E-state index in [1.807, 2.05) is 37.3 Å². The van der Waals surface area contributed by atoms with Gasteiger partial charge in [-0.15, -0.1) is 0 Å². The summed E-state index contributed by atoms with van der Waals surface area (Å²) in [4.78, 5) is 12.6. The van der Waals surface area contributed by atoms with Crippen LogP contribution in [0.25, 0.3) is 11.1 Å². The number of nitrogens with one attached hydrogen (secondary N) is 1. The first-order valence-corrected chi connectivity index (χ1v) is 13.0. The Hall–Kier alpha value is -3.00. The molecule has 3 aromatic carbocycles.